The Labute approximate surface area is 43.8 Å². The molecule has 0 N–H and O–H groups in total. The summed E-state index contributed by atoms with van der Waals surface area (Å²) < 4.78 is 29.3. The van der Waals surface area contributed by atoms with E-state index in [4.69, 9.17) is 9.46 Å². The van der Waals surface area contributed by atoms with Crippen molar-refractivity contribution >= 4 is 14.7 Å². The largest absolute Gasteiger partial charge is 0.804 e. The lowest BCUT2D eigenvalue weighted by Crippen LogP contribution is -2.16. The van der Waals surface area contributed by atoms with Gasteiger partial charge < -0.3 is 19.2 Å². The molecule has 8 heteroatoms. The molecule has 0 aromatic heterocycles. The molecule has 0 saturated carbocycles. The van der Waals surface area contributed by atoms with Crippen molar-refractivity contribution in [1.29, 1.82) is 0 Å². The van der Waals surface area contributed by atoms with E-state index in [0.29, 0.717) is 0 Å². The minimum atomic E-state index is -6.16. The van der Waals surface area contributed by atoms with Gasteiger partial charge in [-0.15, -0.1) is 0 Å². The van der Waals surface area contributed by atoms with Crippen LogP contribution in [0.25, 0.3) is 0 Å². The predicted octanol–water partition coefficient (Wildman–Crippen LogP) is -1.66. The van der Waals surface area contributed by atoms with Crippen molar-refractivity contribution < 1.29 is 28.0 Å². The van der Waals surface area contributed by atoms with Crippen LogP contribution in [0.1, 0.15) is 0 Å². The summed E-state index contributed by atoms with van der Waals surface area (Å²) >= 11 is 0. The summed E-state index contributed by atoms with van der Waals surface area (Å²) in [7, 11) is -12.2. The van der Waals surface area contributed by atoms with Gasteiger partial charge in [0, 0.05) is 7.28 Å². The fourth-order valence-electron chi connectivity index (χ4n) is 0. The van der Waals surface area contributed by atoms with Crippen LogP contribution in [0, 0.1) is 0 Å². The molecular formula is FO5P2-3. The lowest BCUT2D eigenvalue weighted by Gasteiger charge is -2.35. The Morgan fingerprint density at radius 1 is 1.12 bits per heavy atom. The second kappa shape index (κ2) is 1.90. The van der Waals surface area contributed by atoms with Crippen LogP contribution in [0.2, 0.25) is 0 Å². The fraction of sp³-hybridized carbons (Fsp3) is 0. The summed E-state index contributed by atoms with van der Waals surface area (Å²) in [5.41, 5.74) is 0. The first kappa shape index (κ1) is 8.27. The monoisotopic (exact) mass is 161 g/mol. The van der Waals surface area contributed by atoms with Gasteiger partial charge in [0.05, 0.1) is 0 Å². The summed E-state index contributed by atoms with van der Waals surface area (Å²) in [6.45, 7) is 0. The molecule has 0 rings (SSSR count). The molecule has 0 amide bonds. The average Bonchev–Trinajstić information content (AvgIpc) is 1.25. The maximum absolute atomic E-state index is 11.0. The molecule has 50 valence electrons. The summed E-state index contributed by atoms with van der Waals surface area (Å²) in [4.78, 5) is 27.5. The van der Waals surface area contributed by atoms with E-state index in [0.717, 1.165) is 0 Å². The molecular weight excluding hydrogens is 161 g/mol. The third-order valence-corrected chi connectivity index (χ3v) is 2.63. The SMILES string of the molecule is O=P([O-])([O-])P(=O)([O-])F. The van der Waals surface area contributed by atoms with Gasteiger partial charge in [0.15, 0.2) is 0 Å². The fourth-order valence-corrected chi connectivity index (χ4v) is 0. The quantitative estimate of drug-likeness (QED) is 0.428. The average molecular weight is 161 g/mol. The molecule has 0 aliphatic rings. The highest BCUT2D eigenvalue weighted by Crippen LogP contribution is 2.66. The topological polar surface area (TPSA) is 103 Å². The Kier molecular flexibility index (Phi) is 1.96. The normalized spacial score (nSPS) is 20.0. The molecule has 0 heterocycles. The van der Waals surface area contributed by atoms with Gasteiger partial charge in [-0.1, -0.05) is 0 Å². The van der Waals surface area contributed by atoms with E-state index in [1.807, 2.05) is 0 Å². The minimum absolute atomic E-state index is 6.02. The predicted molar refractivity (Wildman–Crippen MR) is 16.3 cm³/mol. The van der Waals surface area contributed by atoms with Crippen LogP contribution in [0.3, 0.4) is 0 Å². The van der Waals surface area contributed by atoms with Crippen LogP contribution in [0.4, 0.5) is 4.20 Å². The molecule has 0 bridgehead atoms. The highest BCUT2D eigenvalue weighted by atomic mass is 32.1. The van der Waals surface area contributed by atoms with E-state index in [2.05, 4.69) is 0 Å². The Hall–Kier alpha value is 0.270. The van der Waals surface area contributed by atoms with Crippen molar-refractivity contribution in [3.63, 3.8) is 0 Å². The maximum atomic E-state index is 11.0. The summed E-state index contributed by atoms with van der Waals surface area (Å²) in [6, 6.07) is 0. The molecule has 5 nitrogen and oxygen atoms in total. The van der Waals surface area contributed by atoms with Gasteiger partial charge >= 0.3 is 0 Å². The van der Waals surface area contributed by atoms with Gasteiger partial charge in [-0.25, -0.2) is 0 Å². The van der Waals surface area contributed by atoms with Gasteiger partial charge in [-0.3, -0.25) is 4.57 Å². The van der Waals surface area contributed by atoms with Gasteiger partial charge in [0.2, 0.25) is 7.37 Å². The molecule has 8 heavy (non-hydrogen) atoms. The molecule has 1 unspecified atom stereocenters. The molecule has 0 spiro atoms. The van der Waals surface area contributed by atoms with Crippen LogP contribution in [0.5, 0.6) is 0 Å². The second-order valence-electron chi connectivity index (χ2n) is 0.920. The molecule has 0 radical (unpaired) electrons. The zero-order valence-electron chi connectivity index (χ0n) is 3.31. The van der Waals surface area contributed by atoms with Crippen LogP contribution >= 0.6 is 14.7 Å². The van der Waals surface area contributed by atoms with E-state index in [1.54, 1.807) is 0 Å². The second-order valence-corrected chi connectivity index (χ2v) is 5.66. The van der Waals surface area contributed by atoms with Crippen molar-refractivity contribution in [2.75, 3.05) is 0 Å². The lowest BCUT2D eigenvalue weighted by molar-refractivity contribution is -0.313. The smallest absolute Gasteiger partial charge is 0.209 e. The molecule has 0 aliphatic heterocycles. The first-order valence-electron chi connectivity index (χ1n) is 1.28. The highest BCUT2D eigenvalue weighted by Gasteiger charge is 2.08. The van der Waals surface area contributed by atoms with E-state index in [9.17, 15) is 18.5 Å². The third-order valence-electron chi connectivity index (χ3n) is 0.293. The van der Waals surface area contributed by atoms with Crippen LogP contribution in [-0.4, -0.2) is 0 Å². The molecule has 0 aromatic rings. The van der Waals surface area contributed by atoms with E-state index >= 15 is 0 Å². The maximum Gasteiger partial charge on any atom is 0.209 e. The van der Waals surface area contributed by atoms with Gasteiger partial charge in [-0.2, -0.15) is 4.20 Å². The third kappa shape index (κ3) is 2.03. The lowest BCUT2D eigenvalue weighted by atomic mass is 15.8. The molecule has 0 fully saturated rings. The summed E-state index contributed by atoms with van der Waals surface area (Å²) in [6.07, 6.45) is 0. The first-order valence-corrected chi connectivity index (χ1v) is 5.05. The van der Waals surface area contributed by atoms with Crippen molar-refractivity contribution in [3.8, 4) is 0 Å². The van der Waals surface area contributed by atoms with E-state index in [-0.39, 0.29) is 0 Å². The number of hydrogen-bond acceptors (Lipinski definition) is 5. The first-order chi connectivity index (χ1) is 3.25. The summed E-state index contributed by atoms with van der Waals surface area (Å²) in [5.74, 6) is 0. The Morgan fingerprint density at radius 2 is 1.25 bits per heavy atom. The Morgan fingerprint density at radius 3 is 1.25 bits per heavy atom. The van der Waals surface area contributed by atoms with Gasteiger partial charge in [-0.05, 0) is 0 Å². The number of rotatable bonds is 1. The number of hydrogen-bond donors (Lipinski definition) is 0. The van der Waals surface area contributed by atoms with Gasteiger partial charge in [0.1, 0.15) is 0 Å². The van der Waals surface area contributed by atoms with Crippen molar-refractivity contribution in [3.05, 3.63) is 0 Å². The highest BCUT2D eigenvalue weighted by molar-refractivity contribution is 8.24. The summed E-state index contributed by atoms with van der Waals surface area (Å²) in [5, 5.41) is 0. The van der Waals surface area contributed by atoms with Crippen molar-refractivity contribution in [2.45, 2.75) is 0 Å². The molecule has 1 atom stereocenters. The van der Waals surface area contributed by atoms with Crippen molar-refractivity contribution in [2.24, 2.45) is 0 Å². The molecule has 0 saturated heterocycles. The zero-order valence-corrected chi connectivity index (χ0v) is 5.10. The molecule has 0 aromatic carbocycles. The van der Waals surface area contributed by atoms with Crippen molar-refractivity contribution in [1.82, 2.24) is 0 Å². The Bertz CT molecular complexity index is 139. The van der Waals surface area contributed by atoms with E-state index in [1.165, 1.54) is 0 Å². The van der Waals surface area contributed by atoms with Crippen LogP contribution in [0.15, 0.2) is 0 Å². The number of halogens is 1. The minimum Gasteiger partial charge on any atom is -0.804 e. The zero-order chi connectivity index (χ0) is 7.00. The van der Waals surface area contributed by atoms with Gasteiger partial charge in [0.25, 0.3) is 0 Å². The van der Waals surface area contributed by atoms with Crippen LogP contribution in [-0.2, 0) is 9.13 Å². The standard InChI is InChI=1S/FH3O5P2/c1-7(2,3)8(4,5)6/h(H,2,3)(H2,4,5,6)/p-3. The Balaban J connectivity index is 4.53. The van der Waals surface area contributed by atoms with Crippen LogP contribution < -0.4 is 14.7 Å². The molecule has 0 aliphatic carbocycles. The van der Waals surface area contributed by atoms with E-state index < -0.39 is 14.7 Å².